The normalized spacial score (nSPS) is 16.0. The number of anilines is 1. The van der Waals surface area contributed by atoms with Gasteiger partial charge in [-0.15, -0.1) is 12.4 Å². The van der Waals surface area contributed by atoms with E-state index in [4.69, 9.17) is 4.74 Å². The van der Waals surface area contributed by atoms with Crippen molar-refractivity contribution in [3.63, 3.8) is 0 Å². The highest BCUT2D eigenvalue weighted by Crippen LogP contribution is 2.23. The molecule has 134 valence electrons. The van der Waals surface area contributed by atoms with Gasteiger partial charge in [0.25, 0.3) is 5.91 Å². The van der Waals surface area contributed by atoms with E-state index >= 15 is 0 Å². The minimum absolute atomic E-state index is 0. The molecule has 2 amide bonds. The second kappa shape index (κ2) is 9.36. The minimum atomic E-state index is -0.836. The van der Waals surface area contributed by atoms with Crippen LogP contribution in [-0.2, 0) is 14.3 Å². The molecule has 0 spiro atoms. The summed E-state index contributed by atoms with van der Waals surface area (Å²) in [7, 11) is 1.54. The Bertz CT molecular complexity index is 592. The fraction of sp³-hybridized carbons (Fsp3) is 0.500. The van der Waals surface area contributed by atoms with Crippen molar-refractivity contribution in [2.45, 2.75) is 25.4 Å². The van der Waals surface area contributed by atoms with Gasteiger partial charge in [-0.2, -0.15) is 0 Å². The number of hydrogen-bond acceptors (Lipinski definition) is 4. The summed E-state index contributed by atoms with van der Waals surface area (Å²) in [6.07, 6.45) is 1.20. The van der Waals surface area contributed by atoms with Gasteiger partial charge in [-0.3, -0.25) is 9.59 Å². The second-order valence-corrected chi connectivity index (χ2v) is 6.55. The molecule has 0 bridgehead atoms. The van der Waals surface area contributed by atoms with Crippen LogP contribution in [0.25, 0.3) is 0 Å². The number of carbonyl (C=O) groups excluding carboxylic acids is 2. The van der Waals surface area contributed by atoms with Crippen molar-refractivity contribution in [2.75, 3.05) is 32.1 Å². The first-order valence-electron chi connectivity index (χ1n) is 7.57. The first kappa shape index (κ1) is 20.9. The van der Waals surface area contributed by atoms with E-state index in [1.165, 1.54) is 7.11 Å². The molecule has 2 rings (SSSR count). The maximum Gasteiger partial charge on any atom is 0.252 e. The topological polar surface area (TPSA) is 79.5 Å². The molecule has 0 radical (unpaired) electrons. The molecule has 1 aromatic rings. The van der Waals surface area contributed by atoms with Crippen LogP contribution >= 0.6 is 28.3 Å². The van der Waals surface area contributed by atoms with Crippen LogP contribution in [0.4, 0.5) is 5.69 Å². The summed E-state index contributed by atoms with van der Waals surface area (Å²) in [5.74, 6) is -0.498. The summed E-state index contributed by atoms with van der Waals surface area (Å²) < 4.78 is 6.32. The average Bonchev–Trinajstić information content (AvgIpc) is 2.56. The highest BCUT2D eigenvalue weighted by Gasteiger charge is 2.39. The fourth-order valence-electron chi connectivity index (χ4n) is 2.60. The van der Waals surface area contributed by atoms with E-state index in [0.29, 0.717) is 12.8 Å². The zero-order valence-electron chi connectivity index (χ0n) is 13.8. The second-order valence-electron chi connectivity index (χ2n) is 5.64. The number of piperidine rings is 1. The molecule has 1 heterocycles. The lowest BCUT2D eigenvalue weighted by Crippen LogP contribution is -2.55. The number of methoxy groups -OCH3 is 1. The Labute approximate surface area is 156 Å². The number of carbonyl (C=O) groups is 2. The van der Waals surface area contributed by atoms with Crippen molar-refractivity contribution < 1.29 is 14.3 Å². The molecule has 0 saturated carbocycles. The molecule has 24 heavy (non-hydrogen) atoms. The third-order valence-corrected chi connectivity index (χ3v) is 4.59. The predicted molar refractivity (Wildman–Crippen MR) is 99.6 cm³/mol. The van der Waals surface area contributed by atoms with E-state index in [2.05, 4.69) is 31.9 Å². The van der Waals surface area contributed by atoms with Gasteiger partial charge in [-0.05, 0) is 50.6 Å². The minimum Gasteiger partial charge on any atom is -0.368 e. The molecule has 0 aliphatic carbocycles. The molecule has 1 fully saturated rings. The van der Waals surface area contributed by atoms with Gasteiger partial charge in [0.1, 0.15) is 5.60 Å². The van der Waals surface area contributed by atoms with Crippen molar-refractivity contribution in [1.29, 1.82) is 0 Å². The van der Waals surface area contributed by atoms with Crippen molar-refractivity contribution in [3.8, 4) is 0 Å². The molecule has 6 nitrogen and oxygen atoms in total. The van der Waals surface area contributed by atoms with Crippen LogP contribution in [0.2, 0.25) is 0 Å². The van der Waals surface area contributed by atoms with E-state index in [9.17, 15) is 9.59 Å². The van der Waals surface area contributed by atoms with E-state index in [0.717, 1.165) is 28.8 Å². The lowest BCUT2D eigenvalue weighted by Gasteiger charge is -2.34. The van der Waals surface area contributed by atoms with Crippen LogP contribution in [0.15, 0.2) is 22.7 Å². The number of amides is 2. The largest absolute Gasteiger partial charge is 0.368 e. The molecule has 0 atom stereocenters. The van der Waals surface area contributed by atoms with Crippen molar-refractivity contribution in [1.82, 2.24) is 10.6 Å². The lowest BCUT2D eigenvalue weighted by atomic mass is 9.91. The summed E-state index contributed by atoms with van der Waals surface area (Å²) in [6.45, 7) is 3.29. The third-order valence-electron chi connectivity index (χ3n) is 4.10. The summed E-state index contributed by atoms with van der Waals surface area (Å²) >= 11 is 3.37. The Morgan fingerprint density at radius 2 is 2.00 bits per heavy atom. The number of ether oxygens (including phenoxy) is 1. The van der Waals surface area contributed by atoms with Gasteiger partial charge in [-0.1, -0.05) is 22.0 Å². The Balaban J connectivity index is 0.00000288. The molecule has 3 N–H and O–H groups in total. The van der Waals surface area contributed by atoms with Crippen LogP contribution in [0.5, 0.6) is 0 Å². The summed E-state index contributed by atoms with van der Waals surface area (Å²) in [4.78, 5) is 24.4. The number of nitrogens with one attached hydrogen (secondary N) is 3. The highest BCUT2D eigenvalue weighted by atomic mass is 79.9. The van der Waals surface area contributed by atoms with E-state index in [1.54, 1.807) is 0 Å². The molecule has 0 unspecified atom stereocenters. The molecule has 1 aliphatic heterocycles. The van der Waals surface area contributed by atoms with Gasteiger partial charge in [-0.25, -0.2) is 0 Å². The van der Waals surface area contributed by atoms with Crippen LogP contribution in [-0.4, -0.2) is 44.2 Å². The fourth-order valence-corrected chi connectivity index (χ4v) is 2.96. The maximum atomic E-state index is 12.4. The Kier molecular flexibility index (Phi) is 8.15. The average molecular weight is 421 g/mol. The predicted octanol–water partition coefficient (Wildman–Crippen LogP) is 2.00. The molecule has 8 heteroatoms. The number of rotatable bonds is 5. The zero-order valence-corrected chi connectivity index (χ0v) is 16.2. The van der Waals surface area contributed by atoms with Crippen LogP contribution in [0.3, 0.4) is 0 Å². The van der Waals surface area contributed by atoms with E-state index in [1.807, 2.05) is 25.1 Å². The third kappa shape index (κ3) is 5.17. The monoisotopic (exact) mass is 419 g/mol. The SMILES string of the molecule is COC1(C(=O)NCC(=O)Nc2cc(Br)ccc2C)CCNCC1.Cl. The maximum absolute atomic E-state index is 12.4. The number of benzene rings is 1. The lowest BCUT2D eigenvalue weighted by molar-refractivity contribution is -0.147. The number of hydrogen-bond donors (Lipinski definition) is 3. The van der Waals surface area contributed by atoms with Gasteiger partial charge < -0.3 is 20.7 Å². The van der Waals surface area contributed by atoms with E-state index < -0.39 is 5.60 Å². The number of aryl methyl sites for hydroxylation is 1. The standard InChI is InChI=1S/C16H22BrN3O3.ClH/c1-11-3-4-12(17)9-13(11)20-14(21)10-19-15(22)16(23-2)5-7-18-8-6-16;/h3-4,9,18H,5-8,10H2,1-2H3,(H,19,22)(H,20,21);1H. The van der Waals surface area contributed by atoms with Crippen molar-refractivity contribution in [2.24, 2.45) is 0 Å². The van der Waals surface area contributed by atoms with Crippen molar-refractivity contribution in [3.05, 3.63) is 28.2 Å². The van der Waals surface area contributed by atoms with Gasteiger partial charge in [0.05, 0.1) is 6.54 Å². The van der Waals surface area contributed by atoms with Gasteiger partial charge in [0, 0.05) is 17.3 Å². The molecular formula is C16H23BrClN3O3. The van der Waals surface area contributed by atoms with Gasteiger partial charge in [0.15, 0.2) is 0 Å². The Morgan fingerprint density at radius 3 is 2.62 bits per heavy atom. The molecule has 1 aromatic carbocycles. The zero-order chi connectivity index (χ0) is 16.9. The smallest absolute Gasteiger partial charge is 0.252 e. The van der Waals surface area contributed by atoms with Crippen LogP contribution < -0.4 is 16.0 Å². The number of halogens is 2. The summed E-state index contributed by atoms with van der Waals surface area (Å²) in [6, 6.07) is 5.65. The van der Waals surface area contributed by atoms with Gasteiger partial charge in [0.2, 0.25) is 5.91 Å². The van der Waals surface area contributed by atoms with Crippen LogP contribution in [0, 0.1) is 6.92 Å². The van der Waals surface area contributed by atoms with Crippen LogP contribution in [0.1, 0.15) is 18.4 Å². The molecule has 1 aliphatic rings. The van der Waals surface area contributed by atoms with E-state index in [-0.39, 0.29) is 30.8 Å². The summed E-state index contributed by atoms with van der Waals surface area (Å²) in [5, 5.41) is 8.68. The Morgan fingerprint density at radius 1 is 1.33 bits per heavy atom. The first-order valence-corrected chi connectivity index (χ1v) is 8.36. The first-order chi connectivity index (χ1) is 11.0. The van der Waals surface area contributed by atoms with Crippen molar-refractivity contribution >= 4 is 45.8 Å². The summed E-state index contributed by atoms with van der Waals surface area (Å²) in [5.41, 5.74) is 0.846. The Hall–Kier alpha value is -1.15. The molecular weight excluding hydrogens is 398 g/mol. The van der Waals surface area contributed by atoms with Gasteiger partial charge >= 0.3 is 0 Å². The highest BCUT2D eigenvalue weighted by molar-refractivity contribution is 9.10. The quantitative estimate of drug-likeness (QED) is 0.681. The molecule has 0 aromatic heterocycles. The molecule has 1 saturated heterocycles.